The van der Waals surface area contributed by atoms with E-state index in [-0.39, 0.29) is 5.41 Å². The monoisotopic (exact) mass is 416 g/mol. The summed E-state index contributed by atoms with van der Waals surface area (Å²) < 4.78 is 4.23. The number of halogens is 2. The molecule has 0 unspecified atom stereocenters. The molecule has 6 heteroatoms. The van der Waals surface area contributed by atoms with Crippen LogP contribution in [0.4, 0.5) is 0 Å². The van der Waals surface area contributed by atoms with Crippen molar-refractivity contribution in [1.29, 1.82) is 5.41 Å². The predicted octanol–water partition coefficient (Wildman–Crippen LogP) is 1.81. The highest BCUT2D eigenvalue weighted by Crippen LogP contribution is 2.47. The predicted molar refractivity (Wildman–Crippen MR) is 71.2 cm³/mol. The number of aromatic nitrogens is 2. The molecule has 3 N–H and O–H groups in total. The number of hydrogen-bond donors (Lipinski definition) is 2. The fourth-order valence-electron chi connectivity index (χ4n) is 1.44. The molecule has 1 saturated carbocycles. The second kappa shape index (κ2) is 3.62. The van der Waals surface area contributed by atoms with Crippen molar-refractivity contribution < 1.29 is 0 Å². The fraction of sp³-hybridized carbons (Fsp3) is 0.500. The van der Waals surface area contributed by atoms with E-state index in [9.17, 15) is 0 Å². The van der Waals surface area contributed by atoms with Crippen molar-refractivity contribution in [3.05, 3.63) is 13.7 Å². The number of rotatable bonds is 3. The van der Waals surface area contributed by atoms with Gasteiger partial charge in [0.25, 0.3) is 0 Å². The lowest BCUT2D eigenvalue weighted by atomic mass is 10.1. The Hall–Kier alpha value is 0.140. The van der Waals surface area contributed by atoms with Gasteiger partial charge in [0.2, 0.25) is 0 Å². The van der Waals surface area contributed by atoms with Gasteiger partial charge in [0.15, 0.2) is 0 Å². The van der Waals surface area contributed by atoms with E-state index in [2.05, 4.69) is 54.7 Å². The van der Waals surface area contributed by atoms with E-state index in [0.29, 0.717) is 5.84 Å². The summed E-state index contributed by atoms with van der Waals surface area (Å²) in [7, 11) is 0. The molecule has 0 bridgehead atoms. The Labute approximate surface area is 109 Å². The van der Waals surface area contributed by atoms with E-state index in [1.807, 2.05) is 6.33 Å². The summed E-state index contributed by atoms with van der Waals surface area (Å²) in [6.07, 6.45) is 3.90. The van der Waals surface area contributed by atoms with Crippen LogP contribution in [-0.4, -0.2) is 15.4 Å². The number of nitrogens with two attached hydrogens (primary N) is 1. The molecule has 1 aliphatic carbocycles. The summed E-state index contributed by atoms with van der Waals surface area (Å²) in [6.45, 7) is 0.802. The molecular weight excluding hydrogens is 406 g/mol. The number of nitrogens with one attached hydrogen (secondary N) is 1. The van der Waals surface area contributed by atoms with Crippen molar-refractivity contribution in [2.75, 3.05) is 0 Å². The first-order valence-electron chi connectivity index (χ1n) is 4.26. The van der Waals surface area contributed by atoms with Gasteiger partial charge in [-0.1, -0.05) is 0 Å². The van der Waals surface area contributed by atoms with Crippen LogP contribution in [0.1, 0.15) is 12.8 Å². The van der Waals surface area contributed by atoms with E-state index in [0.717, 1.165) is 26.8 Å². The van der Waals surface area contributed by atoms with Crippen LogP contribution in [0, 0.1) is 18.2 Å². The maximum atomic E-state index is 7.53. The molecule has 76 valence electrons. The summed E-state index contributed by atoms with van der Waals surface area (Å²) in [5.74, 6) is 0.317. The van der Waals surface area contributed by atoms with Crippen molar-refractivity contribution in [3.63, 3.8) is 0 Å². The third-order valence-corrected chi connectivity index (χ3v) is 5.58. The van der Waals surface area contributed by atoms with Gasteiger partial charge in [0.05, 0.1) is 12.2 Å². The number of imidazole rings is 1. The molecule has 0 aromatic carbocycles. The molecule has 1 aromatic rings. The van der Waals surface area contributed by atoms with E-state index >= 15 is 0 Å². The average Bonchev–Trinajstić information content (AvgIpc) is 2.85. The molecule has 1 fully saturated rings. The Morgan fingerprint density at radius 3 is 2.64 bits per heavy atom. The zero-order chi connectivity index (χ0) is 10.3. The SMILES string of the molecule is N=C(N)C1(Cn2cnc(I)c2I)CC1. The Morgan fingerprint density at radius 2 is 2.29 bits per heavy atom. The molecule has 0 aliphatic heterocycles. The summed E-state index contributed by atoms with van der Waals surface area (Å²) >= 11 is 4.48. The van der Waals surface area contributed by atoms with Crippen LogP contribution in [0.5, 0.6) is 0 Å². The van der Waals surface area contributed by atoms with E-state index in [4.69, 9.17) is 11.1 Å². The fourth-order valence-corrected chi connectivity index (χ4v) is 2.31. The maximum Gasteiger partial charge on any atom is 0.132 e. The minimum atomic E-state index is -0.0658. The number of hydrogen-bond acceptors (Lipinski definition) is 2. The Balaban J connectivity index is 2.19. The van der Waals surface area contributed by atoms with Gasteiger partial charge in [0.1, 0.15) is 7.40 Å². The molecule has 0 spiro atoms. The van der Waals surface area contributed by atoms with Crippen molar-refractivity contribution in [2.45, 2.75) is 19.4 Å². The smallest absolute Gasteiger partial charge is 0.132 e. The summed E-state index contributed by atoms with van der Waals surface area (Å²) in [5, 5.41) is 7.53. The van der Waals surface area contributed by atoms with Gasteiger partial charge in [-0.15, -0.1) is 0 Å². The topological polar surface area (TPSA) is 67.7 Å². The molecule has 1 aliphatic rings. The normalized spacial score (nSPS) is 18.1. The average molecular weight is 416 g/mol. The standard InChI is InChI=1S/C8H10I2N4/c9-5-6(10)14(4-13-5)3-8(1-2-8)7(11)12/h4H,1-3H2,(H3,11,12). The van der Waals surface area contributed by atoms with E-state index in [1.54, 1.807) is 0 Å². The van der Waals surface area contributed by atoms with Crippen molar-refractivity contribution in [3.8, 4) is 0 Å². The Kier molecular flexibility index (Phi) is 2.75. The Bertz CT molecular complexity index is 381. The van der Waals surface area contributed by atoms with Gasteiger partial charge >= 0.3 is 0 Å². The highest BCUT2D eigenvalue weighted by atomic mass is 127. The quantitative estimate of drug-likeness (QED) is 0.449. The summed E-state index contributed by atoms with van der Waals surface area (Å²) in [5.41, 5.74) is 5.52. The third kappa shape index (κ3) is 1.77. The first-order chi connectivity index (χ1) is 6.55. The summed E-state index contributed by atoms with van der Waals surface area (Å²) in [4.78, 5) is 4.22. The van der Waals surface area contributed by atoms with Crippen LogP contribution in [0.15, 0.2) is 6.33 Å². The van der Waals surface area contributed by atoms with Gasteiger partial charge in [0, 0.05) is 12.0 Å². The van der Waals surface area contributed by atoms with Gasteiger partial charge in [-0.2, -0.15) is 0 Å². The summed E-state index contributed by atoms with van der Waals surface area (Å²) in [6, 6.07) is 0. The van der Waals surface area contributed by atoms with Crippen LogP contribution in [0.25, 0.3) is 0 Å². The molecule has 0 saturated heterocycles. The first-order valence-corrected chi connectivity index (χ1v) is 6.41. The molecule has 0 amide bonds. The maximum absolute atomic E-state index is 7.53. The van der Waals surface area contributed by atoms with Gasteiger partial charge in [-0.05, 0) is 58.0 Å². The van der Waals surface area contributed by atoms with Crippen molar-refractivity contribution in [1.82, 2.24) is 9.55 Å². The molecular formula is C8H10I2N4. The van der Waals surface area contributed by atoms with Crippen molar-refractivity contribution in [2.24, 2.45) is 11.1 Å². The number of nitrogens with zero attached hydrogens (tertiary/aromatic N) is 2. The van der Waals surface area contributed by atoms with Crippen LogP contribution < -0.4 is 5.73 Å². The lowest BCUT2D eigenvalue weighted by Gasteiger charge is -2.14. The van der Waals surface area contributed by atoms with E-state index in [1.165, 1.54) is 0 Å². The van der Waals surface area contributed by atoms with Crippen LogP contribution in [0.3, 0.4) is 0 Å². The molecule has 2 rings (SSSR count). The van der Waals surface area contributed by atoms with Crippen LogP contribution in [0.2, 0.25) is 0 Å². The molecule has 4 nitrogen and oxygen atoms in total. The van der Waals surface area contributed by atoms with Gasteiger partial charge in [-0.25, -0.2) is 4.98 Å². The minimum Gasteiger partial charge on any atom is -0.387 e. The largest absolute Gasteiger partial charge is 0.387 e. The molecule has 14 heavy (non-hydrogen) atoms. The highest BCUT2D eigenvalue weighted by Gasteiger charge is 2.46. The highest BCUT2D eigenvalue weighted by molar-refractivity contribution is 14.1. The van der Waals surface area contributed by atoms with Gasteiger partial charge in [-0.3, -0.25) is 5.41 Å². The van der Waals surface area contributed by atoms with Crippen LogP contribution >= 0.6 is 45.2 Å². The van der Waals surface area contributed by atoms with Crippen LogP contribution in [-0.2, 0) is 6.54 Å². The second-order valence-corrected chi connectivity index (χ2v) is 5.69. The molecule has 0 radical (unpaired) electrons. The second-order valence-electron chi connectivity index (χ2n) is 3.65. The third-order valence-electron chi connectivity index (χ3n) is 2.63. The molecule has 1 heterocycles. The minimum absolute atomic E-state index is 0.0658. The van der Waals surface area contributed by atoms with E-state index < -0.39 is 0 Å². The van der Waals surface area contributed by atoms with Crippen molar-refractivity contribution >= 4 is 51.0 Å². The number of amidine groups is 1. The molecule has 0 atom stereocenters. The zero-order valence-electron chi connectivity index (χ0n) is 7.43. The first kappa shape index (κ1) is 10.7. The molecule has 1 aromatic heterocycles. The zero-order valence-corrected chi connectivity index (χ0v) is 11.7. The van der Waals surface area contributed by atoms with Gasteiger partial charge < -0.3 is 10.3 Å². The lowest BCUT2D eigenvalue weighted by molar-refractivity contribution is 0.533. The Morgan fingerprint density at radius 1 is 1.64 bits per heavy atom. The lowest BCUT2D eigenvalue weighted by Crippen LogP contribution is -2.28.